The summed E-state index contributed by atoms with van der Waals surface area (Å²) < 4.78 is 10.0. The van der Waals surface area contributed by atoms with E-state index in [1.54, 1.807) is 26.0 Å². The van der Waals surface area contributed by atoms with E-state index < -0.39 is 0 Å². The first-order valence-corrected chi connectivity index (χ1v) is 6.11. The molecule has 4 nitrogen and oxygen atoms in total. The van der Waals surface area contributed by atoms with Gasteiger partial charge in [-0.25, -0.2) is 0 Å². The summed E-state index contributed by atoms with van der Waals surface area (Å²) in [5.41, 5.74) is 1.04. The summed E-state index contributed by atoms with van der Waals surface area (Å²) in [7, 11) is 0. The highest BCUT2D eigenvalue weighted by Crippen LogP contribution is 2.13. The summed E-state index contributed by atoms with van der Waals surface area (Å²) in [6.07, 6.45) is 1.41. The Hall–Kier alpha value is -1.84. The molecule has 4 heteroatoms. The first kappa shape index (κ1) is 14.2. The highest BCUT2D eigenvalue weighted by molar-refractivity contribution is 5.71. The number of rotatable bonds is 6. The molecule has 0 heterocycles. The summed E-state index contributed by atoms with van der Waals surface area (Å²) in [6, 6.07) is 7.20. The van der Waals surface area contributed by atoms with Crippen molar-refractivity contribution >= 4 is 11.9 Å². The van der Waals surface area contributed by atoms with Crippen molar-refractivity contribution in [1.29, 1.82) is 0 Å². The van der Waals surface area contributed by atoms with Crippen LogP contribution in [0.25, 0.3) is 0 Å². The molecule has 0 atom stereocenters. The Bertz CT molecular complexity index is 395. The van der Waals surface area contributed by atoms with E-state index in [-0.39, 0.29) is 11.9 Å². The molecule has 0 radical (unpaired) electrons. The maximum absolute atomic E-state index is 11.1. The zero-order chi connectivity index (χ0) is 13.4. The minimum atomic E-state index is -0.250. The average Bonchev–Trinajstić information content (AvgIpc) is 2.40. The number of esters is 2. The van der Waals surface area contributed by atoms with Gasteiger partial charge in [0.1, 0.15) is 5.75 Å². The molecule has 0 saturated carbocycles. The fourth-order valence-electron chi connectivity index (χ4n) is 1.31. The maximum Gasteiger partial charge on any atom is 0.310 e. The fourth-order valence-corrected chi connectivity index (χ4v) is 1.31. The molecule has 0 fully saturated rings. The van der Waals surface area contributed by atoms with Crippen LogP contribution >= 0.6 is 0 Å². The smallest absolute Gasteiger partial charge is 0.310 e. The van der Waals surface area contributed by atoms with E-state index in [1.165, 1.54) is 0 Å². The molecule has 0 aliphatic rings. The molecule has 98 valence electrons. The monoisotopic (exact) mass is 250 g/mol. The normalized spacial score (nSPS) is 9.89. The minimum Gasteiger partial charge on any atom is -0.465 e. The lowest BCUT2D eigenvalue weighted by Crippen LogP contribution is -2.07. The standard InChI is InChI=1S/C14H18O4/c1-3-13(15)17-10-9-11-5-7-12(8-6-11)18-14(16)4-2/h5-8H,3-4,9-10H2,1-2H3. The van der Waals surface area contributed by atoms with Gasteiger partial charge in [-0.2, -0.15) is 0 Å². The number of carbonyl (C=O) groups is 2. The second-order valence-electron chi connectivity index (χ2n) is 3.80. The van der Waals surface area contributed by atoms with Crippen molar-refractivity contribution in [2.24, 2.45) is 0 Å². The molecule has 0 aromatic heterocycles. The Kier molecular flexibility index (Phi) is 5.91. The van der Waals surface area contributed by atoms with Crippen LogP contribution in [0.4, 0.5) is 0 Å². The van der Waals surface area contributed by atoms with Crippen molar-refractivity contribution in [3.63, 3.8) is 0 Å². The molecule has 0 bridgehead atoms. The van der Waals surface area contributed by atoms with Crippen molar-refractivity contribution in [3.05, 3.63) is 29.8 Å². The second-order valence-corrected chi connectivity index (χ2v) is 3.80. The van der Waals surface area contributed by atoms with Crippen LogP contribution in [0.15, 0.2) is 24.3 Å². The Labute approximate surface area is 107 Å². The van der Waals surface area contributed by atoms with Crippen molar-refractivity contribution in [1.82, 2.24) is 0 Å². The summed E-state index contributed by atoms with van der Waals surface area (Å²) in [5, 5.41) is 0. The maximum atomic E-state index is 11.1. The zero-order valence-electron chi connectivity index (χ0n) is 10.8. The highest BCUT2D eigenvalue weighted by atomic mass is 16.5. The molecule has 0 aliphatic heterocycles. The van der Waals surface area contributed by atoms with Crippen LogP contribution in [0.3, 0.4) is 0 Å². The van der Waals surface area contributed by atoms with Crippen molar-refractivity contribution in [2.45, 2.75) is 33.1 Å². The van der Waals surface area contributed by atoms with E-state index in [2.05, 4.69) is 0 Å². The molecule has 1 aromatic rings. The molecular formula is C14H18O4. The van der Waals surface area contributed by atoms with Gasteiger partial charge in [0.15, 0.2) is 0 Å². The highest BCUT2D eigenvalue weighted by Gasteiger charge is 2.02. The lowest BCUT2D eigenvalue weighted by atomic mass is 10.1. The summed E-state index contributed by atoms with van der Waals surface area (Å²) in [5.74, 6) is 0.0966. The minimum absolute atomic E-state index is 0.191. The predicted molar refractivity (Wildman–Crippen MR) is 67.3 cm³/mol. The lowest BCUT2D eigenvalue weighted by Gasteiger charge is -2.05. The Balaban J connectivity index is 2.40. The van der Waals surface area contributed by atoms with Crippen LogP contribution < -0.4 is 4.74 Å². The van der Waals surface area contributed by atoms with E-state index in [0.29, 0.717) is 31.6 Å². The molecule has 0 unspecified atom stereocenters. The Morgan fingerprint density at radius 1 is 1.00 bits per heavy atom. The van der Waals surface area contributed by atoms with E-state index >= 15 is 0 Å². The molecule has 0 aliphatic carbocycles. The second kappa shape index (κ2) is 7.48. The third-order valence-corrected chi connectivity index (χ3v) is 2.39. The predicted octanol–water partition coefficient (Wildman–Crippen LogP) is 2.50. The summed E-state index contributed by atoms with van der Waals surface area (Å²) in [6.45, 7) is 3.89. The van der Waals surface area contributed by atoms with E-state index in [1.807, 2.05) is 12.1 Å². The molecule has 1 aromatic carbocycles. The van der Waals surface area contributed by atoms with Crippen molar-refractivity contribution in [2.75, 3.05) is 6.61 Å². The van der Waals surface area contributed by atoms with Crippen LogP contribution in [0.5, 0.6) is 5.75 Å². The van der Waals surface area contributed by atoms with Gasteiger partial charge < -0.3 is 9.47 Å². The van der Waals surface area contributed by atoms with Crippen molar-refractivity contribution in [3.8, 4) is 5.75 Å². The molecular weight excluding hydrogens is 232 g/mol. The topological polar surface area (TPSA) is 52.6 Å². The van der Waals surface area contributed by atoms with Gasteiger partial charge in [0.25, 0.3) is 0 Å². The number of benzene rings is 1. The zero-order valence-corrected chi connectivity index (χ0v) is 10.8. The van der Waals surface area contributed by atoms with Crippen LogP contribution in [-0.2, 0) is 20.7 Å². The van der Waals surface area contributed by atoms with Crippen LogP contribution in [0.1, 0.15) is 32.3 Å². The molecule has 0 spiro atoms. The van der Waals surface area contributed by atoms with Gasteiger partial charge in [0, 0.05) is 19.3 Å². The number of ether oxygens (including phenoxy) is 2. The third kappa shape index (κ3) is 4.99. The molecule has 1 rings (SSSR count). The average molecular weight is 250 g/mol. The summed E-state index contributed by atoms with van der Waals surface area (Å²) in [4.78, 5) is 22.0. The van der Waals surface area contributed by atoms with Crippen molar-refractivity contribution < 1.29 is 19.1 Å². The van der Waals surface area contributed by atoms with Gasteiger partial charge in [-0.1, -0.05) is 26.0 Å². The first-order valence-electron chi connectivity index (χ1n) is 6.11. The van der Waals surface area contributed by atoms with Gasteiger partial charge in [-0.05, 0) is 17.7 Å². The first-order chi connectivity index (χ1) is 8.65. The quantitative estimate of drug-likeness (QED) is 0.575. The third-order valence-electron chi connectivity index (χ3n) is 2.39. The van der Waals surface area contributed by atoms with Gasteiger partial charge in [0.05, 0.1) is 6.61 Å². The van der Waals surface area contributed by atoms with Gasteiger partial charge >= 0.3 is 11.9 Å². The largest absolute Gasteiger partial charge is 0.465 e. The summed E-state index contributed by atoms with van der Waals surface area (Å²) >= 11 is 0. The van der Waals surface area contributed by atoms with E-state index in [0.717, 1.165) is 5.56 Å². The Morgan fingerprint density at radius 3 is 2.17 bits per heavy atom. The number of hydrogen-bond acceptors (Lipinski definition) is 4. The van der Waals surface area contributed by atoms with Crippen LogP contribution in [0.2, 0.25) is 0 Å². The van der Waals surface area contributed by atoms with E-state index in [9.17, 15) is 9.59 Å². The van der Waals surface area contributed by atoms with Gasteiger partial charge in [-0.15, -0.1) is 0 Å². The Morgan fingerprint density at radius 2 is 1.61 bits per heavy atom. The van der Waals surface area contributed by atoms with Crippen LogP contribution in [-0.4, -0.2) is 18.5 Å². The number of hydrogen-bond donors (Lipinski definition) is 0. The molecule has 0 saturated heterocycles. The van der Waals surface area contributed by atoms with Gasteiger partial charge in [0.2, 0.25) is 0 Å². The molecule has 0 amide bonds. The van der Waals surface area contributed by atoms with E-state index in [4.69, 9.17) is 9.47 Å². The lowest BCUT2D eigenvalue weighted by molar-refractivity contribution is -0.143. The molecule has 0 N–H and O–H groups in total. The number of carbonyl (C=O) groups excluding carboxylic acids is 2. The molecule has 18 heavy (non-hydrogen) atoms. The fraction of sp³-hybridized carbons (Fsp3) is 0.429. The SMILES string of the molecule is CCC(=O)OCCc1ccc(OC(=O)CC)cc1. The van der Waals surface area contributed by atoms with Crippen LogP contribution in [0, 0.1) is 0 Å². The van der Waals surface area contributed by atoms with Gasteiger partial charge in [-0.3, -0.25) is 9.59 Å².